The lowest BCUT2D eigenvalue weighted by atomic mass is 9.96. The average molecular weight is 458 g/mol. The Kier molecular flexibility index (Phi) is 6.61. The summed E-state index contributed by atoms with van der Waals surface area (Å²) in [5.74, 6) is 0.480. The summed E-state index contributed by atoms with van der Waals surface area (Å²) in [5, 5.41) is 3.97. The van der Waals surface area contributed by atoms with Gasteiger partial charge in [-0.25, -0.2) is 0 Å². The van der Waals surface area contributed by atoms with Gasteiger partial charge in [0.25, 0.3) is 0 Å². The Morgan fingerprint density at radius 2 is 1.85 bits per heavy atom. The lowest BCUT2D eigenvalue weighted by Crippen LogP contribution is -2.09. The molecule has 0 fully saturated rings. The van der Waals surface area contributed by atoms with E-state index in [-0.39, 0.29) is 5.91 Å². The summed E-state index contributed by atoms with van der Waals surface area (Å²) in [4.78, 5) is 13.8. The minimum absolute atomic E-state index is 0.182. The summed E-state index contributed by atoms with van der Waals surface area (Å²) in [7, 11) is 1.63. The van der Waals surface area contributed by atoms with Gasteiger partial charge in [0, 0.05) is 33.6 Å². The Morgan fingerprint density at radius 3 is 2.58 bits per heavy atom. The number of methoxy groups -OCH3 is 1. The highest BCUT2D eigenvalue weighted by Crippen LogP contribution is 2.38. The summed E-state index contributed by atoms with van der Waals surface area (Å²) >= 11 is 1.60. The molecule has 4 nitrogen and oxygen atoms in total. The van der Waals surface area contributed by atoms with Crippen molar-refractivity contribution in [3.8, 4) is 16.9 Å². The second-order valence-electron chi connectivity index (χ2n) is 8.03. The van der Waals surface area contributed by atoms with Gasteiger partial charge in [0.2, 0.25) is 5.91 Å². The summed E-state index contributed by atoms with van der Waals surface area (Å²) < 4.78 is 11.5. The molecule has 168 valence electrons. The second-order valence-corrected chi connectivity index (χ2v) is 8.88. The van der Waals surface area contributed by atoms with Crippen molar-refractivity contribution in [3.05, 3.63) is 83.6 Å². The molecule has 0 saturated carbocycles. The molecule has 0 aliphatic carbocycles. The van der Waals surface area contributed by atoms with Crippen molar-refractivity contribution in [2.75, 3.05) is 18.7 Å². The molecule has 5 heteroatoms. The summed E-state index contributed by atoms with van der Waals surface area (Å²) in [6, 6.07) is 18.1. The van der Waals surface area contributed by atoms with Crippen LogP contribution in [0.25, 0.3) is 27.7 Å². The zero-order chi connectivity index (χ0) is 23.5. The fourth-order valence-corrected chi connectivity index (χ4v) is 4.60. The van der Waals surface area contributed by atoms with Crippen LogP contribution in [0.4, 0.5) is 5.69 Å². The molecule has 3 aromatic carbocycles. The molecule has 0 aliphatic heterocycles. The number of allylic oxidation sites excluding steroid dienone is 1. The number of nitrogens with one attached hydrogen (secondary N) is 1. The van der Waals surface area contributed by atoms with E-state index < -0.39 is 0 Å². The van der Waals surface area contributed by atoms with Gasteiger partial charge in [0.1, 0.15) is 11.3 Å². The maximum Gasteiger partial charge on any atom is 0.248 e. The molecule has 1 heterocycles. The molecule has 4 aromatic rings. The molecule has 0 spiro atoms. The average Bonchev–Trinajstić information content (AvgIpc) is 3.21. The number of carbonyl (C=O) groups excluding carboxylic acids is 1. The van der Waals surface area contributed by atoms with Gasteiger partial charge >= 0.3 is 0 Å². The highest BCUT2D eigenvalue weighted by Gasteiger charge is 2.16. The number of para-hydroxylation sites is 1. The van der Waals surface area contributed by atoms with Crippen LogP contribution in [0.5, 0.6) is 5.75 Å². The Bertz CT molecular complexity index is 1370. The number of ether oxygens (including phenoxy) is 1. The zero-order valence-electron chi connectivity index (χ0n) is 19.5. The number of rotatable bonds is 6. The van der Waals surface area contributed by atoms with Crippen molar-refractivity contribution >= 4 is 39.9 Å². The van der Waals surface area contributed by atoms with E-state index in [1.165, 1.54) is 11.1 Å². The molecule has 1 N–H and O–H groups in total. The number of aryl methyl sites for hydroxylation is 2. The highest BCUT2D eigenvalue weighted by atomic mass is 32.2. The number of furan rings is 1. The fraction of sp³-hybridized carbons (Fsp3) is 0.179. The maximum absolute atomic E-state index is 12.8. The van der Waals surface area contributed by atoms with E-state index in [0.29, 0.717) is 5.75 Å². The molecule has 0 bridgehead atoms. The second kappa shape index (κ2) is 9.59. The van der Waals surface area contributed by atoms with E-state index in [4.69, 9.17) is 9.15 Å². The SMILES string of the molecule is COc1cc2occ(-c3ccc(C)cc3C)c2cc1/C(C)=C/C(=O)Nc1ccccc1SC. The Balaban J connectivity index is 1.73. The van der Waals surface area contributed by atoms with Crippen LogP contribution in [0.15, 0.2) is 76.2 Å². The summed E-state index contributed by atoms with van der Waals surface area (Å²) in [6.07, 6.45) is 5.39. The molecule has 0 radical (unpaired) electrons. The molecular weight excluding hydrogens is 430 g/mol. The van der Waals surface area contributed by atoms with Crippen LogP contribution in [-0.2, 0) is 4.79 Å². The van der Waals surface area contributed by atoms with Gasteiger partial charge in [0.15, 0.2) is 0 Å². The van der Waals surface area contributed by atoms with Crippen molar-refractivity contribution in [1.29, 1.82) is 0 Å². The van der Waals surface area contributed by atoms with Gasteiger partial charge in [-0.2, -0.15) is 0 Å². The minimum atomic E-state index is -0.182. The quantitative estimate of drug-likeness (QED) is 0.241. The van der Waals surface area contributed by atoms with Gasteiger partial charge in [-0.05, 0) is 61.9 Å². The van der Waals surface area contributed by atoms with Gasteiger partial charge in [-0.15, -0.1) is 11.8 Å². The zero-order valence-corrected chi connectivity index (χ0v) is 20.3. The Hall–Kier alpha value is -3.44. The van der Waals surface area contributed by atoms with E-state index in [2.05, 4.69) is 37.4 Å². The van der Waals surface area contributed by atoms with Crippen molar-refractivity contribution in [1.82, 2.24) is 0 Å². The van der Waals surface area contributed by atoms with E-state index >= 15 is 0 Å². The molecule has 4 rings (SSSR count). The summed E-state index contributed by atoms with van der Waals surface area (Å²) in [5.41, 5.74) is 7.77. The maximum atomic E-state index is 12.8. The third-order valence-corrected chi connectivity index (χ3v) is 6.50. The first-order chi connectivity index (χ1) is 15.9. The van der Waals surface area contributed by atoms with E-state index in [1.807, 2.05) is 49.6 Å². The number of amides is 1. The van der Waals surface area contributed by atoms with E-state index in [0.717, 1.165) is 43.8 Å². The fourth-order valence-electron chi connectivity index (χ4n) is 4.05. The molecule has 0 saturated heterocycles. The predicted octanol–water partition coefficient (Wildman–Crippen LogP) is 7.49. The van der Waals surface area contributed by atoms with Crippen molar-refractivity contribution in [2.45, 2.75) is 25.7 Å². The topological polar surface area (TPSA) is 51.5 Å². The molecule has 33 heavy (non-hydrogen) atoms. The molecule has 1 aromatic heterocycles. The van der Waals surface area contributed by atoms with Crippen molar-refractivity contribution in [2.24, 2.45) is 0 Å². The third-order valence-electron chi connectivity index (χ3n) is 5.70. The van der Waals surface area contributed by atoms with Gasteiger partial charge < -0.3 is 14.5 Å². The van der Waals surface area contributed by atoms with Crippen LogP contribution < -0.4 is 10.1 Å². The molecule has 1 amide bonds. The summed E-state index contributed by atoms with van der Waals surface area (Å²) in [6.45, 7) is 6.11. The lowest BCUT2D eigenvalue weighted by molar-refractivity contribution is -0.111. The molecule has 0 aliphatic rings. The standard InChI is InChI=1S/C28H27NO3S/c1-17-10-11-20(18(2)12-17)23-16-32-26-15-25(31-4)21(14-22(23)26)19(3)13-28(30)29-24-8-6-7-9-27(24)33-5/h6-16H,1-5H3,(H,29,30)/b19-13+. The normalized spacial score (nSPS) is 11.6. The van der Waals surface area contributed by atoms with Crippen LogP contribution in [0.1, 0.15) is 23.6 Å². The number of hydrogen-bond acceptors (Lipinski definition) is 4. The number of benzene rings is 3. The molecule has 0 unspecified atom stereocenters. The monoisotopic (exact) mass is 457 g/mol. The first-order valence-corrected chi connectivity index (χ1v) is 11.9. The lowest BCUT2D eigenvalue weighted by Gasteiger charge is -2.11. The molecular formula is C28H27NO3S. The van der Waals surface area contributed by atoms with Gasteiger partial charge in [-0.3, -0.25) is 4.79 Å². The number of carbonyl (C=O) groups is 1. The van der Waals surface area contributed by atoms with E-state index in [1.54, 1.807) is 31.2 Å². The van der Waals surface area contributed by atoms with Crippen LogP contribution in [0.3, 0.4) is 0 Å². The van der Waals surface area contributed by atoms with Crippen LogP contribution >= 0.6 is 11.8 Å². The van der Waals surface area contributed by atoms with Crippen LogP contribution in [0, 0.1) is 13.8 Å². The smallest absolute Gasteiger partial charge is 0.248 e. The van der Waals surface area contributed by atoms with Crippen LogP contribution in [0.2, 0.25) is 0 Å². The third kappa shape index (κ3) is 4.69. The van der Waals surface area contributed by atoms with Gasteiger partial charge in [0.05, 0.1) is 19.1 Å². The largest absolute Gasteiger partial charge is 0.496 e. The highest BCUT2D eigenvalue weighted by molar-refractivity contribution is 7.98. The Morgan fingerprint density at radius 1 is 1.06 bits per heavy atom. The number of thioether (sulfide) groups is 1. The first kappa shape index (κ1) is 22.7. The van der Waals surface area contributed by atoms with Gasteiger partial charge in [-0.1, -0.05) is 35.9 Å². The number of anilines is 1. The van der Waals surface area contributed by atoms with Crippen LogP contribution in [-0.4, -0.2) is 19.3 Å². The number of hydrogen-bond donors (Lipinski definition) is 1. The minimum Gasteiger partial charge on any atom is -0.496 e. The predicted molar refractivity (Wildman–Crippen MR) is 138 cm³/mol. The molecule has 0 atom stereocenters. The van der Waals surface area contributed by atoms with E-state index in [9.17, 15) is 4.79 Å². The van der Waals surface area contributed by atoms with Crippen molar-refractivity contribution < 1.29 is 13.9 Å². The number of fused-ring (bicyclic) bond motifs is 1. The van der Waals surface area contributed by atoms with Crippen molar-refractivity contribution in [3.63, 3.8) is 0 Å². The first-order valence-electron chi connectivity index (χ1n) is 10.7. The Labute approximate surface area is 198 Å².